The molecule has 88 valence electrons. The van der Waals surface area contributed by atoms with Crippen LogP contribution in [-0.2, 0) is 0 Å². The van der Waals surface area contributed by atoms with Crippen molar-refractivity contribution in [3.63, 3.8) is 0 Å². The molecule has 7 heteroatoms. The molecular weight excluding hydrogens is 288 g/mol. The van der Waals surface area contributed by atoms with Gasteiger partial charge in [-0.1, -0.05) is 15.9 Å². The molecule has 17 heavy (non-hydrogen) atoms. The number of halogens is 1. The van der Waals surface area contributed by atoms with Crippen molar-refractivity contribution in [1.82, 2.24) is 10.3 Å². The van der Waals surface area contributed by atoms with Gasteiger partial charge < -0.3 is 11.1 Å². The molecule has 1 aromatic heterocycles. The van der Waals surface area contributed by atoms with Crippen molar-refractivity contribution in [1.29, 1.82) is 0 Å². The van der Waals surface area contributed by atoms with Gasteiger partial charge in [-0.2, -0.15) is 0 Å². The Morgan fingerprint density at radius 1 is 1.47 bits per heavy atom. The van der Waals surface area contributed by atoms with E-state index in [4.69, 9.17) is 5.73 Å². The van der Waals surface area contributed by atoms with Crippen molar-refractivity contribution in [2.45, 2.75) is 6.92 Å². The molecule has 0 spiro atoms. The summed E-state index contributed by atoms with van der Waals surface area (Å²) in [5.41, 5.74) is 7.05. The third-order valence-electron chi connectivity index (χ3n) is 2.14. The van der Waals surface area contributed by atoms with Crippen LogP contribution in [0.15, 0.2) is 27.3 Å². The van der Waals surface area contributed by atoms with Crippen LogP contribution in [0.1, 0.15) is 16.1 Å². The molecule has 0 aliphatic rings. The van der Waals surface area contributed by atoms with E-state index in [0.717, 1.165) is 10.0 Å². The second-order valence-electron chi connectivity index (χ2n) is 3.42. The number of carbonyl (C=O) groups is 1. The fourth-order valence-corrected chi connectivity index (χ4v) is 1.51. The zero-order chi connectivity index (χ0) is 12.4. The number of nitrogens with one attached hydrogen (secondary N) is 1. The molecule has 0 unspecified atom stereocenters. The minimum atomic E-state index is -0.453. The first-order chi connectivity index (χ1) is 8.08. The lowest BCUT2D eigenvalue weighted by Crippen LogP contribution is -2.14. The molecule has 0 saturated heterocycles. The molecule has 0 atom stereocenters. The first kappa shape index (κ1) is 11.6. The average Bonchev–Trinajstić information content (AvgIpc) is 2.70. The highest BCUT2D eigenvalue weighted by atomic mass is 79.9. The number of nitrogens with two attached hydrogens (primary N) is 1. The van der Waals surface area contributed by atoms with Crippen LogP contribution in [0.25, 0.3) is 0 Å². The number of nitrogen functional groups attached to an aromatic ring is 1. The minimum Gasteiger partial charge on any atom is -0.379 e. The fraction of sp³-hybridized carbons (Fsp3) is 0.100. The van der Waals surface area contributed by atoms with E-state index >= 15 is 0 Å². The van der Waals surface area contributed by atoms with Crippen LogP contribution in [0, 0.1) is 6.92 Å². The third-order valence-corrected chi connectivity index (χ3v) is 3.03. The molecule has 6 nitrogen and oxygen atoms in total. The molecule has 0 saturated carbocycles. The quantitative estimate of drug-likeness (QED) is 0.883. The van der Waals surface area contributed by atoms with E-state index in [0.29, 0.717) is 5.69 Å². The summed E-state index contributed by atoms with van der Waals surface area (Å²) in [6.45, 7) is 1.92. The van der Waals surface area contributed by atoms with Gasteiger partial charge in [0, 0.05) is 10.2 Å². The lowest BCUT2D eigenvalue weighted by molar-refractivity contribution is 0.101. The Hall–Kier alpha value is -1.89. The van der Waals surface area contributed by atoms with Crippen LogP contribution < -0.4 is 11.1 Å². The van der Waals surface area contributed by atoms with Gasteiger partial charge in [-0.15, -0.1) is 0 Å². The molecule has 1 amide bonds. The van der Waals surface area contributed by atoms with Crippen molar-refractivity contribution in [3.05, 3.63) is 33.9 Å². The second-order valence-corrected chi connectivity index (χ2v) is 4.27. The average molecular weight is 297 g/mol. The topological polar surface area (TPSA) is 94.0 Å². The van der Waals surface area contributed by atoms with Crippen molar-refractivity contribution < 1.29 is 9.42 Å². The molecule has 0 aliphatic carbocycles. The van der Waals surface area contributed by atoms with Gasteiger partial charge in [-0.05, 0) is 41.0 Å². The molecule has 2 rings (SSSR count). The highest BCUT2D eigenvalue weighted by Crippen LogP contribution is 2.20. The number of hydrogen-bond donors (Lipinski definition) is 2. The molecule has 1 aromatic carbocycles. The van der Waals surface area contributed by atoms with E-state index < -0.39 is 5.91 Å². The van der Waals surface area contributed by atoms with Crippen LogP contribution in [0.4, 0.5) is 11.5 Å². The summed E-state index contributed by atoms with van der Waals surface area (Å²) >= 11 is 3.38. The number of hydrogen-bond acceptors (Lipinski definition) is 5. The Morgan fingerprint density at radius 2 is 2.24 bits per heavy atom. The van der Waals surface area contributed by atoms with Gasteiger partial charge in [0.2, 0.25) is 11.5 Å². The van der Waals surface area contributed by atoms with Gasteiger partial charge in [-0.25, -0.2) is 4.63 Å². The Morgan fingerprint density at radius 3 is 2.82 bits per heavy atom. The Bertz CT molecular complexity index is 567. The minimum absolute atomic E-state index is 0.0226. The normalized spacial score (nSPS) is 10.2. The van der Waals surface area contributed by atoms with Gasteiger partial charge in [0.05, 0.1) is 0 Å². The van der Waals surface area contributed by atoms with E-state index in [2.05, 4.69) is 36.2 Å². The molecule has 0 fully saturated rings. The maximum Gasteiger partial charge on any atom is 0.281 e. The highest BCUT2D eigenvalue weighted by molar-refractivity contribution is 9.10. The van der Waals surface area contributed by atoms with Crippen LogP contribution in [0.3, 0.4) is 0 Å². The maximum atomic E-state index is 11.7. The first-order valence-corrected chi connectivity index (χ1v) is 5.53. The lowest BCUT2D eigenvalue weighted by Gasteiger charge is -2.05. The molecule has 2 aromatic rings. The molecule has 0 aliphatic heterocycles. The van der Waals surface area contributed by atoms with Crippen molar-refractivity contribution in [2.75, 3.05) is 11.1 Å². The summed E-state index contributed by atoms with van der Waals surface area (Å²) in [5, 5.41) is 9.40. The van der Waals surface area contributed by atoms with Gasteiger partial charge in [0.25, 0.3) is 5.91 Å². The van der Waals surface area contributed by atoms with Gasteiger partial charge >= 0.3 is 0 Å². The lowest BCUT2D eigenvalue weighted by atomic mass is 10.2. The summed E-state index contributed by atoms with van der Waals surface area (Å²) in [5.74, 6) is -0.484. The van der Waals surface area contributed by atoms with E-state index in [-0.39, 0.29) is 11.5 Å². The molecule has 0 radical (unpaired) electrons. The summed E-state index contributed by atoms with van der Waals surface area (Å²) < 4.78 is 5.32. The van der Waals surface area contributed by atoms with E-state index in [1.54, 1.807) is 6.07 Å². The zero-order valence-electron chi connectivity index (χ0n) is 8.90. The van der Waals surface area contributed by atoms with Crippen molar-refractivity contribution in [3.8, 4) is 0 Å². The number of rotatable bonds is 2. The van der Waals surface area contributed by atoms with Gasteiger partial charge in [-0.3, -0.25) is 4.79 Å². The van der Waals surface area contributed by atoms with Crippen molar-refractivity contribution >= 4 is 33.3 Å². The Balaban J connectivity index is 2.19. The van der Waals surface area contributed by atoms with Crippen LogP contribution >= 0.6 is 15.9 Å². The predicted molar refractivity (Wildman–Crippen MR) is 65.5 cm³/mol. The van der Waals surface area contributed by atoms with Crippen LogP contribution in [0.5, 0.6) is 0 Å². The molecular formula is C10H9BrN4O2. The van der Waals surface area contributed by atoms with E-state index in [9.17, 15) is 4.79 Å². The van der Waals surface area contributed by atoms with Crippen LogP contribution in [0.2, 0.25) is 0 Å². The smallest absolute Gasteiger partial charge is 0.281 e. The number of anilines is 2. The number of nitrogens with zero attached hydrogens (tertiary/aromatic N) is 2. The van der Waals surface area contributed by atoms with E-state index in [1.807, 2.05) is 19.1 Å². The Kier molecular flexibility index (Phi) is 3.10. The summed E-state index contributed by atoms with van der Waals surface area (Å²) in [6, 6.07) is 5.43. The fourth-order valence-electron chi connectivity index (χ4n) is 1.27. The number of amides is 1. The third kappa shape index (κ3) is 2.44. The Labute approximate surface area is 105 Å². The largest absolute Gasteiger partial charge is 0.379 e. The summed E-state index contributed by atoms with van der Waals surface area (Å²) in [6.07, 6.45) is 0. The predicted octanol–water partition coefficient (Wildman–Crippen LogP) is 1.98. The summed E-state index contributed by atoms with van der Waals surface area (Å²) in [4.78, 5) is 11.7. The standard InChI is InChI=1S/C10H9BrN4O2/c1-5-4-6(2-3-7(5)11)13-10(16)8-9(12)15-17-14-8/h2-4H,1H3,(H2,12,15)(H,13,16). The monoisotopic (exact) mass is 296 g/mol. The van der Waals surface area contributed by atoms with E-state index in [1.165, 1.54) is 0 Å². The molecule has 1 heterocycles. The van der Waals surface area contributed by atoms with Gasteiger partial charge in [0.15, 0.2) is 0 Å². The number of aromatic nitrogens is 2. The van der Waals surface area contributed by atoms with Crippen LogP contribution in [-0.4, -0.2) is 16.2 Å². The number of benzene rings is 1. The summed E-state index contributed by atoms with van der Waals surface area (Å²) in [7, 11) is 0. The second kappa shape index (κ2) is 4.54. The highest BCUT2D eigenvalue weighted by Gasteiger charge is 2.16. The number of aryl methyl sites for hydroxylation is 1. The SMILES string of the molecule is Cc1cc(NC(=O)c2nonc2N)ccc1Br. The maximum absolute atomic E-state index is 11.7. The first-order valence-electron chi connectivity index (χ1n) is 4.73. The van der Waals surface area contributed by atoms with Crippen molar-refractivity contribution in [2.24, 2.45) is 0 Å². The molecule has 3 N–H and O–H groups in total. The zero-order valence-corrected chi connectivity index (χ0v) is 10.5. The molecule has 0 bridgehead atoms. The van der Waals surface area contributed by atoms with Gasteiger partial charge in [0.1, 0.15) is 0 Å². The number of carbonyl (C=O) groups excluding carboxylic acids is 1.